The number of carboxylic acids is 2. The molecule has 0 saturated heterocycles. The molecular weight excluding hydrogens is 423 g/mol. The number of nitrogens with one attached hydrogen (secondary N) is 1. The van der Waals surface area contributed by atoms with Crippen molar-refractivity contribution in [2.75, 3.05) is 18.1 Å². The molecule has 0 aliphatic rings. The van der Waals surface area contributed by atoms with Crippen molar-refractivity contribution in [1.29, 1.82) is 0 Å². The molecule has 0 saturated carbocycles. The van der Waals surface area contributed by atoms with Gasteiger partial charge in [-0.15, -0.1) is 0 Å². The highest BCUT2D eigenvalue weighted by Crippen LogP contribution is 2.21. The highest BCUT2D eigenvalue weighted by Gasteiger charge is 2.38. The van der Waals surface area contributed by atoms with E-state index in [1.165, 1.54) is 10.8 Å². The second-order valence-electron chi connectivity index (χ2n) is 5.81. The molecule has 3 N–H and O–H groups in total. The maximum absolute atomic E-state index is 12.2. The average molecular weight is 445 g/mol. The summed E-state index contributed by atoms with van der Waals surface area (Å²) in [6.07, 6.45) is -3.12. The predicted octanol–water partition coefficient (Wildman–Crippen LogP) is 2.53. The van der Waals surface area contributed by atoms with Gasteiger partial charge >= 0.3 is 18.1 Å². The van der Waals surface area contributed by atoms with Crippen molar-refractivity contribution in [2.45, 2.75) is 38.9 Å². The van der Waals surface area contributed by atoms with Gasteiger partial charge in [0.05, 0.1) is 12.1 Å². The first kappa shape index (κ1) is 26.1. The van der Waals surface area contributed by atoms with E-state index in [9.17, 15) is 22.8 Å². The highest BCUT2D eigenvalue weighted by molar-refractivity contribution is 8.76. The van der Waals surface area contributed by atoms with E-state index < -0.39 is 23.7 Å². The predicted molar refractivity (Wildman–Crippen MR) is 100 cm³/mol. The number of nitrogens with zero attached hydrogens (tertiary/aromatic N) is 2. The van der Waals surface area contributed by atoms with Crippen LogP contribution in [0.4, 0.5) is 13.2 Å². The van der Waals surface area contributed by atoms with Crippen LogP contribution < -0.4 is 5.32 Å². The number of alkyl halides is 3. The van der Waals surface area contributed by atoms with Gasteiger partial charge in [0.2, 0.25) is 5.91 Å². The van der Waals surface area contributed by atoms with Crippen molar-refractivity contribution < 1.29 is 37.8 Å². The standard InChI is InChI=1S/C13H21N3O3S2.C2HF3O2/c1-10-4-7-16(15-10)13(2,3)12(19)14-6-9-21-20-8-5-11(17)18;3-2(4,5)1(6)7/h4,7H,5-6,8-9H2,1-3H3,(H,14,19)(H,17,18);(H,6,7). The third-order valence-corrected chi connectivity index (χ3v) is 5.46. The summed E-state index contributed by atoms with van der Waals surface area (Å²) < 4.78 is 33.4. The molecule has 1 aromatic heterocycles. The van der Waals surface area contributed by atoms with Crippen molar-refractivity contribution in [1.82, 2.24) is 15.1 Å². The van der Waals surface area contributed by atoms with Gasteiger partial charge in [0.1, 0.15) is 5.54 Å². The Bertz CT molecular complexity index is 666. The SMILES string of the molecule is Cc1ccn(C(C)(C)C(=O)NCCSSCCC(=O)O)n1.O=C(O)C(F)(F)F. The summed E-state index contributed by atoms with van der Waals surface area (Å²) in [5, 5.41) is 22.8. The number of carbonyl (C=O) groups excluding carboxylic acids is 1. The summed E-state index contributed by atoms with van der Waals surface area (Å²) in [5.74, 6) is -2.31. The normalized spacial score (nSPS) is 11.4. The molecule has 1 rings (SSSR count). The third-order valence-electron chi connectivity index (χ3n) is 3.05. The lowest BCUT2D eigenvalue weighted by atomic mass is 10.1. The molecule has 28 heavy (non-hydrogen) atoms. The van der Waals surface area contributed by atoms with Crippen LogP contribution in [0.15, 0.2) is 12.3 Å². The number of hydrogen-bond donors (Lipinski definition) is 3. The zero-order valence-electron chi connectivity index (χ0n) is 15.4. The van der Waals surface area contributed by atoms with Crippen LogP contribution in [0, 0.1) is 6.92 Å². The molecule has 0 bridgehead atoms. The number of aryl methyl sites for hydroxylation is 1. The van der Waals surface area contributed by atoms with E-state index in [-0.39, 0.29) is 12.3 Å². The van der Waals surface area contributed by atoms with Crippen molar-refractivity contribution in [3.05, 3.63) is 18.0 Å². The molecule has 13 heteroatoms. The molecular formula is C15H22F3N3O5S2. The quantitative estimate of drug-likeness (QED) is 0.392. The van der Waals surface area contributed by atoms with Gasteiger partial charge in [-0.1, -0.05) is 21.6 Å². The Morgan fingerprint density at radius 2 is 1.71 bits per heavy atom. The van der Waals surface area contributed by atoms with Gasteiger partial charge in [0.25, 0.3) is 0 Å². The lowest BCUT2D eigenvalue weighted by molar-refractivity contribution is -0.192. The van der Waals surface area contributed by atoms with Gasteiger partial charge in [-0.2, -0.15) is 18.3 Å². The van der Waals surface area contributed by atoms with Crippen LogP contribution in [-0.4, -0.2) is 62.1 Å². The van der Waals surface area contributed by atoms with E-state index >= 15 is 0 Å². The van der Waals surface area contributed by atoms with E-state index in [2.05, 4.69) is 10.4 Å². The van der Waals surface area contributed by atoms with Crippen LogP contribution in [0.25, 0.3) is 0 Å². The van der Waals surface area contributed by atoms with Crippen molar-refractivity contribution >= 4 is 39.4 Å². The Hall–Kier alpha value is -1.89. The zero-order chi connectivity index (χ0) is 22.0. The van der Waals surface area contributed by atoms with E-state index in [1.807, 2.05) is 26.8 Å². The fourth-order valence-corrected chi connectivity index (χ4v) is 3.39. The largest absolute Gasteiger partial charge is 0.490 e. The molecule has 0 atom stereocenters. The molecule has 1 heterocycles. The number of amides is 1. The minimum absolute atomic E-state index is 0.0817. The summed E-state index contributed by atoms with van der Waals surface area (Å²) >= 11 is 0. The molecule has 0 aliphatic carbocycles. The van der Waals surface area contributed by atoms with Crippen LogP contribution in [0.2, 0.25) is 0 Å². The van der Waals surface area contributed by atoms with Crippen LogP contribution in [0.1, 0.15) is 26.0 Å². The van der Waals surface area contributed by atoms with E-state index in [0.717, 1.165) is 11.4 Å². The van der Waals surface area contributed by atoms with Gasteiger partial charge in [-0.3, -0.25) is 14.3 Å². The minimum atomic E-state index is -5.08. The van der Waals surface area contributed by atoms with E-state index in [4.69, 9.17) is 15.0 Å². The molecule has 1 aromatic rings. The van der Waals surface area contributed by atoms with Crippen molar-refractivity contribution in [3.63, 3.8) is 0 Å². The second kappa shape index (κ2) is 11.8. The van der Waals surface area contributed by atoms with Crippen molar-refractivity contribution in [2.24, 2.45) is 0 Å². The van der Waals surface area contributed by atoms with Gasteiger partial charge in [-0.25, -0.2) is 4.79 Å². The van der Waals surface area contributed by atoms with Gasteiger partial charge < -0.3 is 15.5 Å². The highest BCUT2D eigenvalue weighted by atomic mass is 33.1. The van der Waals surface area contributed by atoms with Gasteiger partial charge in [0.15, 0.2) is 0 Å². The summed E-state index contributed by atoms with van der Waals surface area (Å²) in [4.78, 5) is 31.4. The maximum atomic E-state index is 12.2. The molecule has 0 aliphatic heterocycles. The van der Waals surface area contributed by atoms with E-state index in [1.54, 1.807) is 21.7 Å². The van der Waals surface area contributed by atoms with Crippen LogP contribution in [0.5, 0.6) is 0 Å². The molecule has 0 spiro atoms. The lowest BCUT2D eigenvalue weighted by Gasteiger charge is -2.24. The molecule has 8 nitrogen and oxygen atoms in total. The maximum Gasteiger partial charge on any atom is 0.490 e. The molecule has 0 radical (unpaired) electrons. The zero-order valence-corrected chi connectivity index (χ0v) is 17.1. The van der Waals surface area contributed by atoms with Crippen molar-refractivity contribution in [3.8, 4) is 0 Å². The monoisotopic (exact) mass is 445 g/mol. The number of hydrogen-bond acceptors (Lipinski definition) is 6. The average Bonchev–Trinajstić information content (AvgIpc) is 3.00. The first-order chi connectivity index (χ1) is 12.8. The number of carbonyl (C=O) groups is 3. The first-order valence-electron chi connectivity index (χ1n) is 7.86. The fraction of sp³-hybridized carbons (Fsp3) is 0.600. The topological polar surface area (TPSA) is 122 Å². The number of rotatable bonds is 9. The Morgan fingerprint density at radius 3 is 2.14 bits per heavy atom. The first-order valence-corrected chi connectivity index (χ1v) is 10.3. The number of carboxylic acid groups (broad SMARTS) is 2. The lowest BCUT2D eigenvalue weighted by Crippen LogP contribution is -2.45. The summed E-state index contributed by atoms with van der Waals surface area (Å²) in [6.45, 7) is 6.08. The van der Waals surface area contributed by atoms with Crippen LogP contribution in [0.3, 0.4) is 0 Å². The fourth-order valence-electron chi connectivity index (χ4n) is 1.50. The van der Waals surface area contributed by atoms with Crippen LogP contribution in [-0.2, 0) is 19.9 Å². The minimum Gasteiger partial charge on any atom is -0.481 e. The summed E-state index contributed by atoms with van der Waals surface area (Å²) in [7, 11) is 3.07. The Balaban J connectivity index is 0.000000887. The van der Waals surface area contributed by atoms with Gasteiger partial charge in [0, 0.05) is 24.2 Å². The summed E-state index contributed by atoms with van der Waals surface area (Å²) in [5.41, 5.74) is 0.149. The molecule has 0 unspecified atom stereocenters. The number of halogens is 3. The third kappa shape index (κ3) is 10.4. The van der Waals surface area contributed by atoms with Crippen LogP contribution >= 0.6 is 21.6 Å². The second-order valence-corrected chi connectivity index (χ2v) is 8.51. The molecule has 160 valence electrons. The summed E-state index contributed by atoms with van der Waals surface area (Å²) in [6, 6.07) is 1.87. The number of aromatic nitrogens is 2. The molecule has 0 fully saturated rings. The Morgan fingerprint density at radius 1 is 1.18 bits per heavy atom. The molecule has 0 aromatic carbocycles. The van der Waals surface area contributed by atoms with E-state index in [0.29, 0.717) is 12.3 Å². The smallest absolute Gasteiger partial charge is 0.481 e. The number of aliphatic carboxylic acids is 2. The Kier molecular flexibility index (Phi) is 11.0. The van der Waals surface area contributed by atoms with Gasteiger partial charge in [-0.05, 0) is 26.8 Å². The Labute approximate surface area is 167 Å². The molecule has 1 amide bonds.